The van der Waals surface area contributed by atoms with Crippen molar-refractivity contribution in [3.8, 4) is 0 Å². The number of rotatable bonds is 0. The maximum atomic E-state index is 12.4. The minimum atomic E-state index is 0.211. The van der Waals surface area contributed by atoms with Crippen molar-refractivity contribution in [1.82, 2.24) is 0 Å². The lowest BCUT2D eigenvalue weighted by molar-refractivity contribution is -0.626. The zero-order valence-corrected chi connectivity index (χ0v) is 12.4. The molecule has 0 aromatic carbocycles. The van der Waals surface area contributed by atoms with E-state index < -0.39 is 0 Å². The fourth-order valence-electron chi connectivity index (χ4n) is 7.74. The van der Waals surface area contributed by atoms with Crippen LogP contribution in [0.2, 0.25) is 0 Å². The number of hydrogen-bond acceptors (Lipinski definition) is 2. The van der Waals surface area contributed by atoms with Crippen LogP contribution in [0.3, 0.4) is 0 Å². The van der Waals surface area contributed by atoms with Crippen molar-refractivity contribution in [2.75, 3.05) is 0 Å². The van der Waals surface area contributed by atoms with E-state index in [-0.39, 0.29) is 6.04 Å². The van der Waals surface area contributed by atoms with Gasteiger partial charge < -0.3 is 5.21 Å². The summed E-state index contributed by atoms with van der Waals surface area (Å²) in [5.41, 5.74) is 1.22. The van der Waals surface area contributed by atoms with Gasteiger partial charge in [-0.3, -0.25) is 0 Å². The summed E-state index contributed by atoms with van der Waals surface area (Å²) >= 11 is 0. The molecule has 0 spiro atoms. The molecule has 6 aliphatic rings. The fraction of sp³-hybridized carbons (Fsp3) is 1.00. The van der Waals surface area contributed by atoms with Gasteiger partial charge in [0.2, 0.25) is 0 Å². The quantitative estimate of drug-likeness (QED) is 0.486. The molecule has 4 aliphatic carbocycles. The van der Waals surface area contributed by atoms with Crippen LogP contribution in [-0.4, -0.2) is 16.9 Å². The van der Waals surface area contributed by atoms with Crippen LogP contribution >= 0.6 is 0 Å². The average Bonchev–Trinajstić information content (AvgIpc) is 2.79. The summed E-state index contributed by atoms with van der Waals surface area (Å²) in [5, 5.41) is 16.9. The van der Waals surface area contributed by atoms with Gasteiger partial charge >= 0.3 is 0 Å². The summed E-state index contributed by atoms with van der Waals surface area (Å²) in [6, 6.07) is 0.558. The van der Waals surface area contributed by atoms with Crippen molar-refractivity contribution in [3.05, 3.63) is 5.21 Å². The van der Waals surface area contributed by atoms with Crippen molar-refractivity contribution in [2.45, 2.75) is 59.0 Å². The molecule has 2 aliphatic heterocycles. The van der Waals surface area contributed by atoms with Crippen molar-refractivity contribution in [3.63, 3.8) is 0 Å². The van der Waals surface area contributed by atoms with Crippen molar-refractivity contribution in [2.24, 2.45) is 45.0 Å². The molecule has 4 unspecified atom stereocenters. The highest BCUT2D eigenvalue weighted by Gasteiger charge is 2.95. The molecule has 0 saturated heterocycles. The van der Waals surface area contributed by atoms with Crippen LogP contribution in [0.4, 0.5) is 0 Å². The van der Waals surface area contributed by atoms with Gasteiger partial charge in [-0.25, -0.2) is 0 Å². The van der Waals surface area contributed by atoms with E-state index in [1.54, 1.807) is 0 Å². The number of hydrogen-bond donors (Lipinski definition) is 0. The van der Waals surface area contributed by atoms with Gasteiger partial charge in [-0.2, -0.15) is 0 Å². The molecule has 3 nitrogen and oxygen atoms in total. The zero-order valence-electron chi connectivity index (χ0n) is 12.4. The second kappa shape index (κ2) is 2.60. The molecule has 2 bridgehead atoms. The summed E-state index contributed by atoms with van der Waals surface area (Å²) in [6.07, 6.45) is 3.91. The van der Waals surface area contributed by atoms with Gasteiger partial charge in [0.1, 0.15) is 6.04 Å². The Kier molecular flexibility index (Phi) is 1.52. The predicted octanol–water partition coefficient (Wildman–Crippen LogP) is 3.43. The molecule has 8 atom stereocenters. The van der Waals surface area contributed by atoms with E-state index in [0.29, 0.717) is 40.0 Å². The van der Waals surface area contributed by atoms with Gasteiger partial charge in [0.15, 0.2) is 6.04 Å². The van der Waals surface area contributed by atoms with Gasteiger partial charge in [0.25, 0.3) is 0 Å². The van der Waals surface area contributed by atoms with E-state index in [2.05, 4.69) is 32.8 Å². The summed E-state index contributed by atoms with van der Waals surface area (Å²) in [5.74, 6) is 2.70. The first-order valence-corrected chi connectivity index (χ1v) is 8.04. The third-order valence-corrected chi connectivity index (χ3v) is 9.07. The highest BCUT2D eigenvalue weighted by molar-refractivity contribution is 5.40. The number of fused-ring (bicyclic) bond motifs is 1. The standard InChI is InChI=1S/C16H24N2O/c1-14(2)15(3)10-11(16(14,15)4)13-9-7-5-6-8(9)12(10)17-18(13)19/h8-13H,5-7H2,1-4H3/t8-,9?,10?,11-,12?,13+,15?,16+/m1/s1. The van der Waals surface area contributed by atoms with E-state index in [4.69, 9.17) is 0 Å². The maximum Gasteiger partial charge on any atom is 0.196 e. The Balaban J connectivity index is 1.68. The highest BCUT2D eigenvalue weighted by Crippen LogP contribution is 2.95. The van der Waals surface area contributed by atoms with E-state index in [1.165, 1.54) is 19.3 Å². The molecule has 0 radical (unpaired) electrons. The Morgan fingerprint density at radius 2 is 1.63 bits per heavy atom. The highest BCUT2D eigenvalue weighted by atomic mass is 16.5. The van der Waals surface area contributed by atoms with Crippen LogP contribution in [0.1, 0.15) is 47.0 Å². The molecule has 4 saturated carbocycles. The van der Waals surface area contributed by atoms with E-state index in [9.17, 15) is 5.21 Å². The molecule has 19 heavy (non-hydrogen) atoms. The molecule has 3 heteroatoms. The first kappa shape index (κ1) is 11.1. The van der Waals surface area contributed by atoms with Crippen LogP contribution in [-0.2, 0) is 0 Å². The molecule has 2 heterocycles. The lowest BCUT2D eigenvalue weighted by Crippen LogP contribution is -2.67. The Hall–Kier alpha value is -0.600. The van der Waals surface area contributed by atoms with Crippen LogP contribution in [0.5, 0.6) is 0 Å². The number of nitrogens with zero attached hydrogens (tertiary/aromatic N) is 2. The van der Waals surface area contributed by atoms with Crippen molar-refractivity contribution in [1.29, 1.82) is 0 Å². The second-order valence-electron chi connectivity index (χ2n) is 8.74. The topological polar surface area (TPSA) is 38.4 Å². The van der Waals surface area contributed by atoms with E-state index >= 15 is 0 Å². The fourth-order valence-corrected chi connectivity index (χ4v) is 7.74. The van der Waals surface area contributed by atoms with Crippen molar-refractivity contribution < 1.29 is 4.86 Å². The lowest BCUT2D eigenvalue weighted by Gasteiger charge is -2.59. The minimum Gasteiger partial charge on any atom is -0.600 e. The van der Waals surface area contributed by atoms with Gasteiger partial charge in [0, 0.05) is 17.8 Å². The molecular formula is C16H24N2O. The smallest absolute Gasteiger partial charge is 0.196 e. The number of azo groups is 1. The Bertz CT molecular complexity index is 527. The number of hydroxylamine groups is 1. The van der Waals surface area contributed by atoms with Crippen LogP contribution in [0, 0.1) is 45.1 Å². The monoisotopic (exact) mass is 260 g/mol. The van der Waals surface area contributed by atoms with E-state index in [0.717, 1.165) is 10.8 Å². The third-order valence-electron chi connectivity index (χ3n) is 9.07. The molecule has 0 N–H and O–H groups in total. The minimum absolute atomic E-state index is 0.211. The molecule has 6 rings (SSSR count). The average molecular weight is 260 g/mol. The van der Waals surface area contributed by atoms with Gasteiger partial charge in [-0.05, 0) is 40.1 Å². The first-order valence-electron chi connectivity index (χ1n) is 8.04. The van der Waals surface area contributed by atoms with Crippen LogP contribution in [0.15, 0.2) is 5.11 Å². The summed E-state index contributed by atoms with van der Waals surface area (Å²) in [6.45, 7) is 9.78. The maximum absolute atomic E-state index is 12.4. The Morgan fingerprint density at radius 1 is 1.00 bits per heavy atom. The summed E-state index contributed by atoms with van der Waals surface area (Å²) in [4.78, 5) is 1.15. The van der Waals surface area contributed by atoms with Gasteiger partial charge in [-0.1, -0.05) is 39.0 Å². The molecular weight excluding hydrogens is 236 g/mol. The van der Waals surface area contributed by atoms with Gasteiger partial charge in [0.05, 0.1) is 0 Å². The zero-order chi connectivity index (χ0) is 13.4. The molecule has 0 amide bonds. The van der Waals surface area contributed by atoms with Gasteiger partial charge in [-0.15, -0.1) is 0 Å². The lowest BCUT2D eigenvalue weighted by atomic mass is 9.46. The normalized spacial score (nSPS) is 66.6. The predicted molar refractivity (Wildman–Crippen MR) is 71.4 cm³/mol. The Morgan fingerprint density at radius 3 is 2.37 bits per heavy atom. The summed E-state index contributed by atoms with van der Waals surface area (Å²) in [7, 11) is 0. The third kappa shape index (κ3) is 0.745. The molecule has 0 aromatic heterocycles. The van der Waals surface area contributed by atoms with E-state index in [1.807, 2.05) is 0 Å². The largest absolute Gasteiger partial charge is 0.600 e. The second-order valence-corrected chi connectivity index (χ2v) is 8.74. The molecule has 104 valence electrons. The summed E-state index contributed by atoms with van der Waals surface area (Å²) < 4.78 is 0. The Labute approximate surface area is 115 Å². The van der Waals surface area contributed by atoms with Crippen LogP contribution in [0.25, 0.3) is 0 Å². The molecule has 0 aromatic rings. The molecule has 4 fully saturated rings. The first-order chi connectivity index (χ1) is 8.87. The van der Waals surface area contributed by atoms with Crippen LogP contribution < -0.4 is 0 Å². The SMILES string of the molecule is CC1(C)C2(C)C3C4N=[N+]([O-])[C@@H](C5CCC[C@@H]45)[C@@H]3[C@@]12C. The van der Waals surface area contributed by atoms with Crippen molar-refractivity contribution >= 4 is 0 Å².